The van der Waals surface area contributed by atoms with E-state index in [0.717, 1.165) is 0 Å². The van der Waals surface area contributed by atoms with Gasteiger partial charge in [-0.15, -0.1) is 0 Å². The van der Waals surface area contributed by atoms with Crippen molar-refractivity contribution in [1.82, 2.24) is 0 Å². The number of rotatable bonds is 2. The molecule has 0 spiro atoms. The fourth-order valence-corrected chi connectivity index (χ4v) is 0.234. The van der Waals surface area contributed by atoms with Gasteiger partial charge in [0.2, 0.25) is 0 Å². The average Bonchev–Trinajstić information content (AvgIpc) is 1.63. The standard InChI is InChI=1S/C7H14NO/c1-5-9-8-6-7(2,3)4/h5H2,1-4H3. The summed E-state index contributed by atoms with van der Waals surface area (Å²) in [6.45, 7) is 8.58. The molecular formula is C7H14NO. The largest absolute Gasteiger partial charge is 0.396 e. The van der Waals surface area contributed by atoms with E-state index < -0.39 is 0 Å². The molecule has 53 valence electrons. The highest BCUT2D eigenvalue weighted by Gasteiger charge is 2.05. The third-order valence-corrected chi connectivity index (χ3v) is 0.575. The third-order valence-electron chi connectivity index (χ3n) is 0.575. The second kappa shape index (κ2) is 3.49. The first-order valence-corrected chi connectivity index (χ1v) is 3.15. The van der Waals surface area contributed by atoms with Crippen LogP contribution in [-0.2, 0) is 4.84 Å². The average molecular weight is 128 g/mol. The van der Waals surface area contributed by atoms with Gasteiger partial charge in [-0.3, -0.25) is 0 Å². The number of hydrogen-bond donors (Lipinski definition) is 0. The third kappa shape index (κ3) is 7.47. The molecule has 0 aromatic rings. The Bertz CT molecular complexity index is 91.6. The molecule has 0 rings (SSSR count). The van der Waals surface area contributed by atoms with Gasteiger partial charge >= 0.3 is 0 Å². The molecule has 2 heteroatoms. The SMILES string of the molecule is CCON=[C]C(C)(C)C. The molecule has 0 fully saturated rings. The van der Waals surface area contributed by atoms with Crippen molar-refractivity contribution in [2.24, 2.45) is 10.6 Å². The minimum Gasteiger partial charge on any atom is -0.396 e. The van der Waals surface area contributed by atoms with Crippen LogP contribution in [0.1, 0.15) is 27.7 Å². The minimum absolute atomic E-state index is 0.00910. The number of nitrogens with zero attached hydrogens (tertiary/aromatic N) is 1. The molecule has 0 atom stereocenters. The summed E-state index contributed by atoms with van der Waals surface area (Å²) >= 11 is 0. The first-order chi connectivity index (χ1) is 4.06. The molecule has 0 saturated carbocycles. The smallest absolute Gasteiger partial charge is 0.114 e. The second-order valence-corrected chi connectivity index (χ2v) is 2.87. The summed E-state index contributed by atoms with van der Waals surface area (Å²) in [5.74, 6) is 0. The molecule has 0 amide bonds. The predicted octanol–water partition coefficient (Wildman–Crippen LogP) is 1.93. The van der Waals surface area contributed by atoms with E-state index in [1.165, 1.54) is 0 Å². The van der Waals surface area contributed by atoms with E-state index in [4.69, 9.17) is 4.84 Å². The van der Waals surface area contributed by atoms with E-state index in [1.807, 2.05) is 27.7 Å². The molecular weight excluding hydrogens is 114 g/mol. The summed E-state index contributed by atoms with van der Waals surface area (Å²) in [5.41, 5.74) is 0.00910. The normalized spacial score (nSPS) is 12.4. The lowest BCUT2D eigenvalue weighted by Gasteiger charge is -2.07. The van der Waals surface area contributed by atoms with Gasteiger partial charge in [-0.1, -0.05) is 25.9 Å². The first kappa shape index (κ1) is 8.47. The zero-order valence-electron chi connectivity index (χ0n) is 6.56. The summed E-state index contributed by atoms with van der Waals surface area (Å²) in [4.78, 5) is 4.72. The highest BCUT2D eigenvalue weighted by Crippen LogP contribution is 2.07. The van der Waals surface area contributed by atoms with Crippen LogP contribution in [0.4, 0.5) is 0 Å². The summed E-state index contributed by atoms with van der Waals surface area (Å²) in [6.07, 6.45) is 2.83. The zero-order chi connectivity index (χ0) is 7.33. The van der Waals surface area contributed by atoms with Crippen LogP contribution >= 0.6 is 0 Å². The van der Waals surface area contributed by atoms with Crippen LogP contribution in [0.5, 0.6) is 0 Å². The molecule has 0 aliphatic rings. The van der Waals surface area contributed by atoms with E-state index in [0.29, 0.717) is 6.61 Å². The van der Waals surface area contributed by atoms with E-state index in [-0.39, 0.29) is 5.41 Å². The van der Waals surface area contributed by atoms with Gasteiger partial charge in [-0.25, -0.2) is 0 Å². The zero-order valence-corrected chi connectivity index (χ0v) is 6.56. The quantitative estimate of drug-likeness (QED) is 0.411. The molecule has 0 bridgehead atoms. The van der Waals surface area contributed by atoms with Crippen molar-refractivity contribution in [2.45, 2.75) is 27.7 Å². The van der Waals surface area contributed by atoms with E-state index in [1.54, 1.807) is 0 Å². The maximum atomic E-state index is 4.72. The molecule has 0 aliphatic carbocycles. The van der Waals surface area contributed by atoms with Gasteiger partial charge in [-0.2, -0.15) is 0 Å². The van der Waals surface area contributed by atoms with Crippen molar-refractivity contribution in [3.8, 4) is 0 Å². The molecule has 0 aromatic heterocycles. The summed E-state index contributed by atoms with van der Waals surface area (Å²) in [6, 6.07) is 0. The van der Waals surface area contributed by atoms with E-state index in [9.17, 15) is 0 Å². The first-order valence-electron chi connectivity index (χ1n) is 3.15. The lowest BCUT2D eigenvalue weighted by molar-refractivity contribution is 0.158. The molecule has 9 heavy (non-hydrogen) atoms. The molecule has 2 nitrogen and oxygen atoms in total. The molecule has 0 unspecified atom stereocenters. The lowest BCUT2D eigenvalue weighted by Crippen LogP contribution is -2.06. The molecule has 0 aliphatic heterocycles. The van der Waals surface area contributed by atoms with Crippen LogP contribution in [0, 0.1) is 5.41 Å². The molecule has 0 heterocycles. The Morgan fingerprint density at radius 3 is 2.33 bits per heavy atom. The van der Waals surface area contributed by atoms with Crippen LogP contribution in [0.3, 0.4) is 0 Å². The van der Waals surface area contributed by atoms with Gasteiger partial charge in [0.25, 0.3) is 0 Å². The highest BCUT2D eigenvalue weighted by molar-refractivity contribution is 5.63. The van der Waals surface area contributed by atoms with Gasteiger partial charge in [0.05, 0.1) is 0 Å². The maximum absolute atomic E-state index is 4.72. The topological polar surface area (TPSA) is 21.6 Å². The summed E-state index contributed by atoms with van der Waals surface area (Å²) in [5, 5.41) is 3.61. The fraction of sp³-hybridized carbons (Fsp3) is 0.857. The van der Waals surface area contributed by atoms with Crippen molar-refractivity contribution in [3.63, 3.8) is 0 Å². The van der Waals surface area contributed by atoms with Crippen molar-refractivity contribution in [1.29, 1.82) is 0 Å². The molecule has 1 radical (unpaired) electrons. The Morgan fingerprint density at radius 2 is 2.00 bits per heavy atom. The Kier molecular flexibility index (Phi) is 3.28. The van der Waals surface area contributed by atoms with Gasteiger partial charge in [0, 0.05) is 5.41 Å². The summed E-state index contributed by atoms with van der Waals surface area (Å²) < 4.78 is 0. The van der Waals surface area contributed by atoms with Crippen molar-refractivity contribution < 1.29 is 4.84 Å². The van der Waals surface area contributed by atoms with Crippen LogP contribution in [0.25, 0.3) is 0 Å². The monoisotopic (exact) mass is 128 g/mol. The van der Waals surface area contributed by atoms with Crippen LogP contribution in [0.2, 0.25) is 0 Å². The van der Waals surface area contributed by atoms with Gasteiger partial charge in [-0.05, 0) is 6.92 Å². The van der Waals surface area contributed by atoms with Crippen LogP contribution in [0.15, 0.2) is 5.16 Å². The molecule has 0 N–H and O–H groups in total. The van der Waals surface area contributed by atoms with Crippen LogP contribution < -0.4 is 0 Å². The van der Waals surface area contributed by atoms with Crippen molar-refractivity contribution in [3.05, 3.63) is 0 Å². The van der Waals surface area contributed by atoms with Crippen LogP contribution in [-0.4, -0.2) is 12.8 Å². The minimum atomic E-state index is 0.00910. The maximum Gasteiger partial charge on any atom is 0.114 e. The van der Waals surface area contributed by atoms with Gasteiger partial charge in [0.1, 0.15) is 12.8 Å². The van der Waals surface area contributed by atoms with Gasteiger partial charge in [0.15, 0.2) is 0 Å². The van der Waals surface area contributed by atoms with Crippen molar-refractivity contribution >= 4 is 6.21 Å². The van der Waals surface area contributed by atoms with Gasteiger partial charge < -0.3 is 4.84 Å². The van der Waals surface area contributed by atoms with Crippen molar-refractivity contribution in [2.75, 3.05) is 6.61 Å². The number of hydrogen-bond acceptors (Lipinski definition) is 2. The Morgan fingerprint density at radius 1 is 1.44 bits per heavy atom. The predicted molar refractivity (Wildman–Crippen MR) is 38.5 cm³/mol. The van der Waals surface area contributed by atoms with E-state index in [2.05, 4.69) is 11.4 Å². The Labute approximate surface area is 56.9 Å². The molecule has 0 saturated heterocycles. The fourth-order valence-electron chi connectivity index (χ4n) is 0.234. The molecule has 0 aromatic carbocycles. The highest BCUT2D eigenvalue weighted by atomic mass is 16.6. The Hall–Kier alpha value is -0.530. The lowest BCUT2D eigenvalue weighted by atomic mass is 10.00. The summed E-state index contributed by atoms with van der Waals surface area (Å²) in [7, 11) is 0. The van der Waals surface area contributed by atoms with E-state index >= 15 is 0 Å². The second-order valence-electron chi connectivity index (χ2n) is 2.87. The Balaban J connectivity index is 3.45.